The molecule has 0 unspecified atom stereocenters. The molecular weight excluding hydrogens is 396 g/mol. The van der Waals surface area contributed by atoms with Gasteiger partial charge in [0.15, 0.2) is 0 Å². The van der Waals surface area contributed by atoms with E-state index in [1.165, 1.54) is 0 Å². The summed E-state index contributed by atoms with van der Waals surface area (Å²) in [6.07, 6.45) is 8.01. The van der Waals surface area contributed by atoms with Crippen molar-refractivity contribution in [3.63, 3.8) is 0 Å². The van der Waals surface area contributed by atoms with Crippen molar-refractivity contribution in [2.75, 3.05) is 0 Å². The quantitative estimate of drug-likeness (QED) is 0.625. The van der Waals surface area contributed by atoms with Gasteiger partial charge in [0.1, 0.15) is 16.1 Å². The van der Waals surface area contributed by atoms with Gasteiger partial charge in [0.25, 0.3) is 0 Å². The average molecular weight is 423 g/mol. The van der Waals surface area contributed by atoms with Gasteiger partial charge in [-0.3, -0.25) is 20.1 Å². The van der Waals surface area contributed by atoms with Gasteiger partial charge in [-0.1, -0.05) is 30.3 Å². The standard InChI is InChI=1S/C23H26N4O2S/c1-22(2,3)29-21(28)23(13-16-7-5-4-6-8-16)14-17(18-15-24-9-10-25-18)19(27-23)20-26-11-12-30-20/h4-12,15,17,19,27H,13-14H2,1-3H3/t17-,19-,23+/m1/s1. The molecule has 2 aromatic heterocycles. The van der Waals surface area contributed by atoms with Crippen LogP contribution in [-0.4, -0.2) is 32.1 Å². The van der Waals surface area contributed by atoms with Crippen LogP contribution in [0.2, 0.25) is 0 Å². The normalized spacial score (nSPS) is 24.0. The van der Waals surface area contributed by atoms with E-state index in [2.05, 4.69) is 20.3 Å². The van der Waals surface area contributed by atoms with E-state index in [-0.39, 0.29) is 17.9 Å². The van der Waals surface area contributed by atoms with Crippen LogP contribution in [0.3, 0.4) is 0 Å². The maximum Gasteiger partial charge on any atom is 0.327 e. The number of nitrogens with one attached hydrogen (secondary N) is 1. The summed E-state index contributed by atoms with van der Waals surface area (Å²) in [6, 6.07) is 9.91. The second-order valence-corrected chi connectivity index (χ2v) is 9.61. The van der Waals surface area contributed by atoms with Crippen LogP contribution in [0, 0.1) is 0 Å². The number of ether oxygens (including phenoxy) is 1. The molecule has 3 atom stereocenters. The Hall–Kier alpha value is -2.64. The summed E-state index contributed by atoms with van der Waals surface area (Å²) in [7, 11) is 0. The summed E-state index contributed by atoms with van der Waals surface area (Å²) >= 11 is 1.58. The van der Waals surface area contributed by atoms with Crippen LogP contribution in [0.15, 0.2) is 60.5 Å². The highest BCUT2D eigenvalue weighted by atomic mass is 32.1. The summed E-state index contributed by atoms with van der Waals surface area (Å²) < 4.78 is 5.89. The molecule has 30 heavy (non-hydrogen) atoms. The summed E-state index contributed by atoms with van der Waals surface area (Å²) in [4.78, 5) is 26.9. The molecule has 1 aromatic carbocycles. The monoisotopic (exact) mass is 422 g/mol. The number of carbonyl (C=O) groups excluding carboxylic acids is 1. The van der Waals surface area contributed by atoms with E-state index in [0.29, 0.717) is 12.8 Å². The number of carbonyl (C=O) groups is 1. The molecule has 0 aliphatic carbocycles. The summed E-state index contributed by atoms with van der Waals surface area (Å²) in [6.45, 7) is 5.69. The minimum atomic E-state index is -0.882. The molecule has 4 rings (SSSR count). The van der Waals surface area contributed by atoms with Gasteiger partial charge in [-0.25, -0.2) is 4.98 Å². The average Bonchev–Trinajstić information content (AvgIpc) is 3.37. The minimum Gasteiger partial charge on any atom is -0.459 e. The largest absolute Gasteiger partial charge is 0.459 e. The Morgan fingerprint density at radius 3 is 2.63 bits per heavy atom. The first kappa shape index (κ1) is 20.6. The fraction of sp³-hybridized carbons (Fsp3) is 0.391. The minimum absolute atomic E-state index is 0.0407. The zero-order valence-electron chi connectivity index (χ0n) is 17.4. The first-order chi connectivity index (χ1) is 14.4. The highest BCUT2D eigenvalue weighted by Gasteiger charge is 2.53. The van der Waals surface area contributed by atoms with Crippen LogP contribution in [0.5, 0.6) is 0 Å². The van der Waals surface area contributed by atoms with Crippen molar-refractivity contribution in [1.29, 1.82) is 0 Å². The molecule has 0 bridgehead atoms. The van der Waals surface area contributed by atoms with E-state index in [0.717, 1.165) is 16.3 Å². The van der Waals surface area contributed by atoms with Gasteiger partial charge in [0, 0.05) is 42.5 Å². The molecule has 0 saturated carbocycles. The van der Waals surface area contributed by atoms with E-state index < -0.39 is 11.1 Å². The molecule has 1 fully saturated rings. The number of aromatic nitrogens is 3. The molecule has 1 aliphatic heterocycles. The zero-order valence-corrected chi connectivity index (χ0v) is 18.2. The maximum atomic E-state index is 13.5. The van der Waals surface area contributed by atoms with E-state index in [1.54, 1.807) is 36.1 Å². The van der Waals surface area contributed by atoms with Gasteiger partial charge in [0.05, 0.1) is 11.7 Å². The summed E-state index contributed by atoms with van der Waals surface area (Å²) in [5.74, 6) is -0.284. The highest BCUT2D eigenvalue weighted by molar-refractivity contribution is 7.09. The first-order valence-electron chi connectivity index (χ1n) is 10.1. The SMILES string of the molecule is CC(C)(C)OC(=O)[C@]1(Cc2ccccc2)C[C@H](c2cnccn2)[C@H](c2nccs2)N1. The van der Waals surface area contributed by atoms with Crippen molar-refractivity contribution in [1.82, 2.24) is 20.3 Å². The molecule has 1 N–H and O–H groups in total. The fourth-order valence-electron chi connectivity index (χ4n) is 4.01. The van der Waals surface area contributed by atoms with Crippen molar-refractivity contribution < 1.29 is 9.53 Å². The number of nitrogens with zero attached hydrogens (tertiary/aromatic N) is 3. The second-order valence-electron chi connectivity index (χ2n) is 8.68. The first-order valence-corrected chi connectivity index (χ1v) is 10.9. The third-order valence-electron chi connectivity index (χ3n) is 5.22. The third kappa shape index (κ3) is 4.42. The Labute approximate surface area is 180 Å². The van der Waals surface area contributed by atoms with Crippen LogP contribution < -0.4 is 5.32 Å². The molecule has 7 heteroatoms. The molecule has 1 aliphatic rings. The lowest BCUT2D eigenvalue weighted by molar-refractivity contribution is -0.162. The lowest BCUT2D eigenvalue weighted by Crippen LogP contribution is -2.52. The van der Waals surface area contributed by atoms with Gasteiger partial charge >= 0.3 is 5.97 Å². The van der Waals surface area contributed by atoms with Crippen LogP contribution in [0.4, 0.5) is 0 Å². The Morgan fingerprint density at radius 1 is 1.20 bits per heavy atom. The Balaban J connectivity index is 1.76. The summed E-state index contributed by atoms with van der Waals surface area (Å²) in [5.41, 5.74) is 0.467. The lowest BCUT2D eigenvalue weighted by Gasteiger charge is -2.32. The Kier molecular flexibility index (Phi) is 5.66. The molecule has 0 radical (unpaired) electrons. The predicted molar refractivity (Wildman–Crippen MR) is 116 cm³/mol. The lowest BCUT2D eigenvalue weighted by atomic mass is 9.84. The third-order valence-corrected chi connectivity index (χ3v) is 6.08. The van der Waals surface area contributed by atoms with Crippen molar-refractivity contribution in [3.8, 4) is 0 Å². The number of hydrogen-bond donors (Lipinski definition) is 1. The maximum absolute atomic E-state index is 13.5. The van der Waals surface area contributed by atoms with E-state index in [9.17, 15) is 4.79 Å². The molecule has 156 valence electrons. The topological polar surface area (TPSA) is 77.0 Å². The van der Waals surface area contributed by atoms with Crippen molar-refractivity contribution >= 4 is 17.3 Å². The van der Waals surface area contributed by atoms with Gasteiger partial charge in [0.2, 0.25) is 0 Å². The number of hydrogen-bond acceptors (Lipinski definition) is 7. The van der Waals surface area contributed by atoms with Gasteiger partial charge in [-0.05, 0) is 32.8 Å². The van der Waals surface area contributed by atoms with Gasteiger partial charge in [-0.2, -0.15) is 0 Å². The van der Waals surface area contributed by atoms with Gasteiger partial charge in [-0.15, -0.1) is 11.3 Å². The molecule has 1 saturated heterocycles. The predicted octanol–water partition coefficient (Wildman–Crippen LogP) is 4.07. The van der Waals surface area contributed by atoms with Crippen LogP contribution in [0.1, 0.15) is 55.4 Å². The van der Waals surface area contributed by atoms with Crippen LogP contribution >= 0.6 is 11.3 Å². The van der Waals surface area contributed by atoms with Crippen molar-refractivity contribution in [2.24, 2.45) is 0 Å². The Bertz CT molecular complexity index is 973. The molecule has 3 aromatic rings. The Morgan fingerprint density at radius 2 is 2.00 bits per heavy atom. The molecular formula is C23H26N4O2S. The highest BCUT2D eigenvalue weighted by Crippen LogP contribution is 2.46. The van der Waals surface area contributed by atoms with E-state index in [4.69, 9.17) is 4.74 Å². The van der Waals surface area contributed by atoms with E-state index in [1.807, 2.05) is 56.5 Å². The van der Waals surface area contributed by atoms with E-state index >= 15 is 0 Å². The van der Waals surface area contributed by atoms with Crippen molar-refractivity contribution in [2.45, 2.75) is 56.7 Å². The van der Waals surface area contributed by atoms with Gasteiger partial charge < -0.3 is 4.74 Å². The van der Waals surface area contributed by atoms with Crippen molar-refractivity contribution in [3.05, 3.63) is 76.8 Å². The molecule has 6 nitrogen and oxygen atoms in total. The van der Waals surface area contributed by atoms with Crippen LogP contribution in [0.25, 0.3) is 0 Å². The number of benzene rings is 1. The molecule has 0 spiro atoms. The summed E-state index contributed by atoms with van der Waals surface area (Å²) in [5, 5.41) is 6.52. The number of thiazole rings is 1. The molecule has 0 amide bonds. The smallest absolute Gasteiger partial charge is 0.327 e. The van der Waals surface area contributed by atoms with Crippen LogP contribution in [-0.2, 0) is 16.0 Å². The number of esters is 1. The second kappa shape index (κ2) is 8.24. The zero-order chi connectivity index (χ0) is 21.2. The number of rotatable bonds is 5. The fourth-order valence-corrected chi connectivity index (χ4v) is 4.76. The molecule has 3 heterocycles.